The van der Waals surface area contributed by atoms with E-state index in [-0.39, 0.29) is 24.0 Å². The van der Waals surface area contributed by atoms with Gasteiger partial charge in [-0.15, -0.1) is 0 Å². The molecule has 0 bridgehead atoms. The summed E-state index contributed by atoms with van der Waals surface area (Å²) < 4.78 is 31.8. The SMILES string of the molecule is CC1CCOC1C(O)Cc1cccc(F)c1F. The fourth-order valence-corrected chi connectivity index (χ4v) is 2.26. The first-order valence-corrected chi connectivity index (χ1v) is 5.82. The first-order valence-electron chi connectivity index (χ1n) is 5.82. The van der Waals surface area contributed by atoms with Gasteiger partial charge in [-0.1, -0.05) is 19.1 Å². The van der Waals surface area contributed by atoms with Gasteiger partial charge in [-0.05, 0) is 24.0 Å². The highest BCUT2D eigenvalue weighted by atomic mass is 19.2. The van der Waals surface area contributed by atoms with Crippen molar-refractivity contribution >= 4 is 0 Å². The number of aliphatic hydroxyl groups excluding tert-OH is 1. The molecule has 0 amide bonds. The van der Waals surface area contributed by atoms with E-state index in [0.29, 0.717) is 6.61 Å². The van der Waals surface area contributed by atoms with Gasteiger partial charge in [0.1, 0.15) is 0 Å². The third kappa shape index (κ3) is 2.64. The van der Waals surface area contributed by atoms with Crippen LogP contribution in [0.2, 0.25) is 0 Å². The van der Waals surface area contributed by atoms with Gasteiger partial charge in [0.2, 0.25) is 0 Å². The van der Waals surface area contributed by atoms with Crippen molar-refractivity contribution in [3.8, 4) is 0 Å². The molecule has 17 heavy (non-hydrogen) atoms. The van der Waals surface area contributed by atoms with Gasteiger partial charge in [0.15, 0.2) is 11.6 Å². The molecule has 0 saturated carbocycles. The van der Waals surface area contributed by atoms with E-state index in [0.717, 1.165) is 12.5 Å². The Labute approximate surface area is 99.2 Å². The zero-order valence-electron chi connectivity index (χ0n) is 9.70. The fourth-order valence-electron chi connectivity index (χ4n) is 2.26. The minimum atomic E-state index is -0.880. The second-order valence-electron chi connectivity index (χ2n) is 4.59. The first-order chi connectivity index (χ1) is 8.09. The summed E-state index contributed by atoms with van der Waals surface area (Å²) in [6.45, 7) is 2.61. The Morgan fingerprint density at radius 3 is 2.88 bits per heavy atom. The predicted octanol–water partition coefficient (Wildman–Crippen LogP) is 2.29. The Morgan fingerprint density at radius 1 is 1.47 bits per heavy atom. The Bertz CT molecular complexity index is 395. The maximum absolute atomic E-state index is 13.4. The largest absolute Gasteiger partial charge is 0.390 e. The highest BCUT2D eigenvalue weighted by Crippen LogP contribution is 2.25. The molecule has 2 rings (SSSR count). The number of halogens is 2. The monoisotopic (exact) mass is 242 g/mol. The molecule has 1 heterocycles. The highest BCUT2D eigenvalue weighted by molar-refractivity contribution is 5.20. The minimum absolute atomic E-state index is 0.0819. The molecule has 1 saturated heterocycles. The van der Waals surface area contributed by atoms with Crippen molar-refractivity contribution in [2.45, 2.75) is 32.0 Å². The quantitative estimate of drug-likeness (QED) is 0.881. The van der Waals surface area contributed by atoms with Crippen LogP contribution in [0.3, 0.4) is 0 Å². The molecule has 0 aliphatic carbocycles. The fraction of sp³-hybridized carbons (Fsp3) is 0.538. The van der Waals surface area contributed by atoms with Crippen LogP contribution in [0.1, 0.15) is 18.9 Å². The third-order valence-electron chi connectivity index (χ3n) is 3.28. The van der Waals surface area contributed by atoms with Crippen molar-refractivity contribution in [1.29, 1.82) is 0 Å². The predicted molar refractivity (Wildman–Crippen MR) is 59.6 cm³/mol. The Morgan fingerprint density at radius 2 is 2.24 bits per heavy atom. The van der Waals surface area contributed by atoms with Crippen molar-refractivity contribution in [2.75, 3.05) is 6.61 Å². The number of rotatable bonds is 3. The zero-order valence-corrected chi connectivity index (χ0v) is 9.70. The Balaban J connectivity index is 2.07. The summed E-state index contributed by atoms with van der Waals surface area (Å²) in [5, 5.41) is 9.97. The molecule has 1 aromatic carbocycles. The minimum Gasteiger partial charge on any atom is -0.390 e. The van der Waals surface area contributed by atoms with Crippen LogP contribution in [0, 0.1) is 17.6 Å². The molecule has 0 aromatic heterocycles. The van der Waals surface area contributed by atoms with Crippen LogP contribution in [0.4, 0.5) is 8.78 Å². The van der Waals surface area contributed by atoms with E-state index in [1.165, 1.54) is 12.1 Å². The van der Waals surface area contributed by atoms with E-state index >= 15 is 0 Å². The Kier molecular flexibility index (Phi) is 3.74. The number of ether oxygens (including phenoxy) is 1. The molecule has 1 aromatic rings. The zero-order chi connectivity index (χ0) is 12.4. The van der Waals surface area contributed by atoms with Gasteiger partial charge in [-0.2, -0.15) is 0 Å². The number of hydrogen-bond donors (Lipinski definition) is 1. The van der Waals surface area contributed by atoms with Gasteiger partial charge in [0, 0.05) is 13.0 Å². The van der Waals surface area contributed by atoms with E-state index in [2.05, 4.69) is 0 Å². The lowest BCUT2D eigenvalue weighted by Gasteiger charge is -2.21. The molecular weight excluding hydrogens is 226 g/mol. The topological polar surface area (TPSA) is 29.5 Å². The van der Waals surface area contributed by atoms with Gasteiger partial charge in [-0.25, -0.2) is 8.78 Å². The molecule has 4 heteroatoms. The number of benzene rings is 1. The molecule has 1 N–H and O–H groups in total. The van der Waals surface area contributed by atoms with E-state index in [1.807, 2.05) is 6.92 Å². The molecule has 1 aliphatic heterocycles. The normalized spacial score (nSPS) is 26.1. The van der Waals surface area contributed by atoms with Gasteiger partial charge in [-0.3, -0.25) is 0 Å². The second kappa shape index (κ2) is 5.10. The van der Waals surface area contributed by atoms with Crippen LogP contribution >= 0.6 is 0 Å². The second-order valence-corrected chi connectivity index (χ2v) is 4.59. The summed E-state index contributed by atoms with van der Waals surface area (Å²) in [6, 6.07) is 4.00. The molecular formula is C13H16F2O2. The van der Waals surface area contributed by atoms with E-state index in [9.17, 15) is 13.9 Å². The lowest BCUT2D eigenvalue weighted by atomic mass is 9.95. The van der Waals surface area contributed by atoms with Crippen LogP contribution in [-0.2, 0) is 11.2 Å². The third-order valence-corrected chi connectivity index (χ3v) is 3.28. The molecule has 1 fully saturated rings. The van der Waals surface area contributed by atoms with Crippen LogP contribution in [0.15, 0.2) is 18.2 Å². The van der Waals surface area contributed by atoms with E-state index in [4.69, 9.17) is 4.74 Å². The molecule has 1 aliphatic rings. The molecule has 3 unspecified atom stereocenters. The maximum Gasteiger partial charge on any atom is 0.162 e. The maximum atomic E-state index is 13.4. The number of hydrogen-bond acceptors (Lipinski definition) is 2. The lowest BCUT2D eigenvalue weighted by Crippen LogP contribution is -2.32. The van der Waals surface area contributed by atoms with Crippen molar-refractivity contribution in [2.24, 2.45) is 5.92 Å². The summed E-state index contributed by atoms with van der Waals surface area (Å²) in [5.74, 6) is -1.51. The van der Waals surface area contributed by atoms with E-state index in [1.54, 1.807) is 0 Å². The average molecular weight is 242 g/mol. The van der Waals surface area contributed by atoms with Crippen molar-refractivity contribution in [1.82, 2.24) is 0 Å². The molecule has 94 valence electrons. The first kappa shape index (κ1) is 12.5. The summed E-state index contributed by atoms with van der Waals surface area (Å²) in [6.07, 6.45) is -0.0900. The number of aliphatic hydroxyl groups is 1. The van der Waals surface area contributed by atoms with Crippen LogP contribution in [0.25, 0.3) is 0 Å². The molecule has 3 atom stereocenters. The van der Waals surface area contributed by atoms with Crippen LogP contribution in [-0.4, -0.2) is 23.9 Å². The van der Waals surface area contributed by atoms with Gasteiger partial charge in [0.25, 0.3) is 0 Å². The molecule has 2 nitrogen and oxygen atoms in total. The van der Waals surface area contributed by atoms with Crippen molar-refractivity contribution in [3.63, 3.8) is 0 Å². The lowest BCUT2D eigenvalue weighted by molar-refractivity contribution is -0.0161. The average Bonchev–Trinajstić information content (AvgIpc) is 2.71. The van der Waals surface area contributed by atoms with Gasteiger partial charge < -0.3 is 9.84 Å². The standard InChI is InChI=1S/C13H16F2O2/c1-8-5-6-17-13(8)11(16)7-9-3-2-4-10(14)12(9)15/h2-4,8,11,13,16H,5-7H2,1H3. The van der Waals surface area contributed by atoms with Gasteiger partial charge in [0.05, 0.1) is 12.2 Å². The van der Waals surface area contributed by atoms with Crippen LogP contribution in [0.5, 0.6) is 0 Å². The summed E-state index contributed by atoms with van der Waals surface area (Å²) in [7, 11) is 0. The van der Waals surface area contributed by atoms with Gasteiger partial charge >= 0.3 is 0 Å². The highest BCUT2D eigenvalue weighted by Gasteiger charge is 2.31. The molecule has 0 radical (unpaired) electrons. The summed E-state index contributed by atoms with van der Waals surface area (Å²) in [4.78, 5) is 0. The Hall–Kier alpha value is -1.00. The van der Waals surface area contributed by atoms with E-state index < -0.39 is 17.7 Å². The molecule has 0 spiro atoms. The summed E-state index contributed by atoms with van der Waals surface area (Å²) in [5.41, 5.74) is 0.195. The van der Waals surface area contributed by atoms with Crippen molar-refractivity contribution < 1.29 is 18.6 Å². The van der Waals surface area contributed by atoms with Crippen molar-refractivity contribution in [3.05, 3.63) is 35.4 Å². The summed E-state index contributed by atoms with van der Waals surface area (Å²) >= 11 is 0. The van der Waals surface area contributed by atoms with Crippen LogP contribution < -0.4 is 0 Å². The smallest absolute Gasteiger partial charge is 0.162 e.